The van der Waals surface area contributed by atoms with E-state index in [9.17, 15) is 0 Å². The van der Waals surface area contributed by atoms with Gasteiger partial charge in [0.15, 0.2) is 0 Å². The number of anilines is 1. The maximum absolute atomic E-state index is 5.49. The normalized spacial score (nSPS) is 10.2. The van der Waals surface area contributed by atoms with E-state index in [-0.39, 0.29) is 0 Å². The van der Waals surface area contributed by atoms with Crippen LogP contribution in [0.3, 0.4) is 0 Å². The van der Waals surface area contributed by atoms with E-state index in [1.165, 1.54) is 0 Å². The van der Waals surface area contributed by atoms with Crippen molar-refractivity contribution in [1.29, 1.82) is 0 Å². The molecule has 4 heteroatoms. The van der Waals surface area contributed by atoms with Crippen LogP contribution in [0.25, 0.3) is 0 Å². The zero-order valence-electron chi connectivity index (χ0n) is 8.41. The lowest BCUT2D eigenvalue weighted by molar-refractivity contribution is 0.898. The monoisotopic (exact) mass is 180 g/mol. The van der Waals surface area contributed by atoms with Gasteiger partial charge in [0.05, 0.1) is 0 Å². The summed E-state index contributed by atoms with van der Waals surface area (Å²) in [5.74, 6) is 1.77. The van der Waals surface area contributed by atoms with Crippen molar-refractivity contribution in [3.05, 3.63) is 17.6 Å². The molecule has 0 aromatic carbocycles. The smallest absolute Gasteiger partial charge is 0.135 e. The van der Waals surface area contributed by atoms with E-state index in [0.717, 1.165) is 23.6 Å². The van der Waals surface area contributed by atoms with Gasteiger partial charge in [0.25, 0.3) is 0 Å². The highest BCUT2D eigenvalue weighted by atomic mass is 15.1. The van der Waals surface area contributed by atoms with Crippen molar-refractivity contribution in [3.63, 3.8) is 0 Å². The Hall–Kier alpha value is -1.16. The Kier molecular flexibility index (Phi) is 3.19. The Balaban J connectivity index is 3.03. The van der Waals surface area contributed by atoms with Gasteiger partial charge in [0.2, 0.25) is 0 Å². The van der Waals surface area contributed by atoms with Crippen LogP contribution in [-0.2, 0) is 6.42 Å². The van der Waals surface area contributed by atoms with Crippen molar-refractivity contribution >= 4 is 5.82 Å². The first-order valence-electron chi connectivity index (χ1n) is 4.35. The third kappa shape index (κ3) is 2.39. The summed E-state index contributed by atoms with van der Waals surface area (Å²) in [5.41, 5.74) is 6.60. The summed E-state index contributed by atoms with van der Waals surface area (Å²) in [6, 6.07) is 0. The van der Waals surface area contributed by atoms with E-state index in [4.69, 9.17) is 5.73 Å². The maximum atomic E-state index is 5.49. The van der Waals surface area contributed by atoms with Crippen LogP contribution < -0.4 is 10.6 Å². The van der Waals surface area contributed by atoms with E-state index in [1.807, 2.05) is 32.1 Å². The highest BCUT2D eigenvalue weighted by Gasteiger charge is 2.05. The Labute approximate surface area is 78.8 Å². The molecule has 1 heterocycles. The minimum atomic E-state index is 0.632. The van der Waals surface area contributed by atoms with Gasteiger partial charge in [0.1, 0.15) is 11.6 Å². The zero-order valence-corrected chi connectivity index (χ0v) is 8.41. The average molecular weight is 180 g/mol. The summed E-state index contributed by atoms with van der Waals surface area (Å²) < 4.78 is 0. The molecule has 0 radical (unpaired) electrons. The summed E-state index contributed by atoms with van der Waals surface area (Å²) in [4.78, 5) is 10.5. The molecular weight excluding hydrogens is 164 g/mol. The Morgan fingerprint density at radius 3 is 2.69 bits per heavy atom. The molecule has 1 rings (SSSR count). The fourth-order valence-corrected chi connectivity index (χ4v) is 1.20. The van der Waals surface area contributed by atoms with Crippen molar-refractivity contribution in [2.45, 2.75) is 13.3 Å². The van der Waals surface area contributed by atoms with Crippen LogP contribution in [0.4, 0.5) is 5.82 Å². The van der Waals surface area contributed by atoms with Crippen LogP contribution in [0.1, 0.15) is 11.4 Å². The van der Waals surface area contributed by atoms with E-state index in [2.05, 4.69) is 9.97 Å². The first-order chi connectivity index (χ1) is 6.15. The quantitative estimate of drug-likeness (QED) is 0.729. The van der Waals surface area contributed by atoms with Gasteiger partial charge in [-0.2, -0.15) is 0 Å². The molecule has 0 saturated heterocycles. The van der Waals surface area contributed by atoms with Crippen molar-refractivity contribution in [1.82, 2.24) is 9.97 Å². The second-order valence-electron chi connectivity index (χ2n) is 3.20. The lowest BCUT2D eigenvalue weighted by Crippen LogP contribution is -2.16. The van der Waals surface area contributed by atoms with Crippen LogP contribution in [-0.4, -0.2) is 30.6 Å². The SMILES string of the molecule is Cc1ncc(CCN)c(N(C)C)n1. The van der Waals surface area contributed by atoms with Gasteiger partial charge in [-0.1, -0.05) is 0 Å². The van der Waals surface area contributed by atoms with Crippen molar-refractivity contribution in [2.24, 2.45) is 5.73 Å². The van der Waals surface area contributed by atoms with Gasteiger partial charge in [-0.05, 0) is 19.9 Å². The first-order valence-corrected chi connectivity index (χ1v) is 4.35. The fraction of sp³-hybridized carbons (Fsp3) is 0.556. The van der Waals surface area contributed by atoms with Gasteiger partial charge in [-0.3, -0.25) is 0 Å². The molecule has 0 bridgehead atoms. The van der Waals surface area contributed by atoms with Crippen LogP contribution >= 0.6 is 0 Å². The van der Waals surface area contributed by atoms with Crippen LogP contribution in [0, 0.1) is 6.92 Å². The van der Waals surface area contributed by atoms with Crippen LogP contribution in [0.15, 0.2) is 6.20 Å². The van der Waals surface area contributed by atoms with Gasteiger partial charge >= 0.3 is 0 Å². The molecule has 0 atom stereocenters. The molecule has 0 saturated carbocycles. The summed E-state index contributed by atoms with van der Waals surface area (Å²) in [6.45, 7) is 2.52. The van der Waals surface area contributed by atoms with Gasteiger partial charge in [-0.15, -0.1) is 0 Å². The van der Waals surface area contributed by atoms with E-state index >= 15 is 0 Å². The molecule has 0 aliphatic rings. The molecular formula is C9H16N4. The second-order valence-corrected chi connectivity index (χ2v) is 3.20. The second kappa shape index (κ2) is 4.18. The lowest BCUT2D eigenvalue weighted by Gasteiger charge is -2.15. The molecule has 0 aliphatic heterocycles. The standard InChI is InChI=1S/C9H16N4/c1-7-11-6-8(4-5-10)9(12-7)13(2)3/h6H,4-5,10H2,1-3H3. The molecule has 0 amide bonds. The minimum Gasteiger partial charge on any atom is -0.362 e. The predicted octanol–water partition coefficient (Wildman–Crippen LogP) is 0.352. The molecule has 13 heavy (non-hydrogen) atoms. The maximum Gasteiger partial charge on any atom is 0.135 e. The minimum absolute atomic E-state index is 0.632. The topological polar surface area (TPSA) is 55.0 Å². The molecule has 2 N–H and O–H groups in total. The van der Waals surface area contributed by atoms with Gasteiger partial charge in [-0.25, -0.2) is 9.97 Å². The average Bonchev–Trinajstić information content (AvgIpc) is 2.08. The van der Waals surface area contributed by atoms with Crippen LogP contribution in [0.2, 0.25) is 0 Å². The predicted molar refractivity (Wildman–Crippen MR) is 53.9 cm³/mol. The first kappa shape index (κ1) is 9.92. The highest BCUT2D eigenvalue weighted by molar-refractivity contribution is 5.44. The Bertz CT molecular complexity index is 283. The van der Waals surface area contributed by atoms with Crippen molar-refractivity contribution < 1.29 is 0 Å². The van der Waals surface area contributed by atoms with E-state index < -0.39 is 0 Å². The third-order valence-electron chi connectivity index (χ3n) is 1.80. The number of nitrogens with zero attached hydrogens (tertiary/aromatic N) is 3. The molecule has 0 fully saturated rings. The molecule has 72 valence electrons. The highest BCUT2D eigenvalue weighted by Crippen LogP contribution is 2.14. The van der Waals surface area contributed by atoms with Crippen LogP contribution in [0.5, 0.6) is 0 Å². The summed E-state index contributed by atoms with van der Waals surface area (Å²) in [5, 5.41) is 0. The van der Waals surface area contributed by atoms with E-state index in [0.29, 0.717) is 6.54 Å². The summed E-state index contributed by atoms with van der Waals surface area (Å²) >= 11 is 0. The largest absolute Gasteiger partial charge is 0.362 e. The fourth-order valence-electron chi connectivity index (χ4n) is 1.20. The van der Waals surface area contributed by atoms with E-state index in [1.54, 1.807) is 0 Å². The Morgan fingerprint density at radius 2 is 2.15 bits per heavy atom. The molecule has 4 nitrogen and oxygen atoms in total. The number of hydrogen-bond donors (Lipinski definition) is 1. The molecule has 0 unspecified atom stereocenters. The zero-order chi connectivity index (χ0) is 9.84. The lowest BCUT2D eigenvalue weighted by atomic mass is 10.2. The number of rotatable bonds is 3. The van der Waals surface area contributed by atoms with Gasteiger partial charge in [0, 0.05) is 25.9 Å². The number of aryl methyl sites for hydroxylation is 1. The number of hydrogen-bond acceptors (Lipinski definition) is 4. The van der Waals surface area contributed by atoms with Crippen molar-refractivity contribution in [3.8, 4) is 0 Å². The number of nitrogens with two attached hydrogens (primary N) is 1. The molecule has 1 aromatic rings. The third-order valence-corrected chi connectivity index (χ3v) is 1.80. The molecule has 1 aromatic heterocycles. The van der Waals surface area contributed by atoms with Crippen molar-refractivity contribution in [2.75, 3.05) is 25.5 Å². The Morgan fingerprint density at radius 1 is 1.46 bits per heavy atom. The molecule has 0 aliphatic carbocycles. The molecule has 0 spiro atoms. The number of aromatic nitrogens is 2. The summed E-state index contributed by atoms with van der Waals surface area (Å²) in [7, 11) is 3.95. The van der Waals surface area contributed by atoms with Gasteiger partial charge < -0.3 is 10.6 Å². The summed E-state index contributed by atoms with van der Waals surface area (Å²) in [6.07, 6.45) is 2.68.